The molecule has 0 bridgehead atoms. The number of fused-ring (bicyclic) bond motifs is 1. The minimum atomic E-state index is -0.512. The van der Waals surface area contributed by atoms with E-state index >= 15 is 0 Å². The Kier molecular flexibility index (Phi) is 3.74. The van der Waals surface area contributed by atoms with Gasteiger partial charge >= 0.3 is 0 Å². The number of ether oxygens (including phenoxy) is 1. The fourth-order valence-corrected chi connectivity index (χ4v) is 2.56. The Morgan fingerprint density at radius 2 is 2.12 bits per heavy atom. The molecule has 0 saturated carbocycles. The minimum absolute atomic E-state index is 0.169. The molecular formula is C18H13FN4O2. The van der Waals surface area contributed by atoms with Gasteiger partial charge in [0.2, 0.25) is 0 Å². The van der Waals surface area contributed by atoms with Gasteiger partial charge < -0.3 is 10.1 Å². The van der Waals surface area contributed by atoms with Crippen LogP contribution in [0.1, 0.15) is 5.56 Å². The highest BCUT2D eigenvalue weighted by Crippen LogP contribution is 2.26. The maximum atomic E-state index is 14.2. The SMILES string of the molecule is O=C(Nc1ccc(-n2cncn2)c(F)c1)C1=Cc2ccccc2OC1. The summed E-state index contributed by atoms with van der Waals surface area (Å²) in [5, 5.41) is 6.57. The van der Waals surface area contributed by atoms with Crippen LogP contribution in [-0.4, -0.2) is 27.3 Å². The van der Waals surface area contributed by atoms with Crippen LogP contribution in [0.5, 0.6) is 5.75 Å². The maximum Gasteiger partial charge on any atom is 0.255 e. The zero-order valence-electron chi connectivity index (χ0n) is 13.0. The van der Waals surface area contributed by atoms with Gasteiger partial charge in [-0.15, -0.1) is 0 Å². The van der Waals surface area contributed by atoms with Crippen LogP contribution in [-0.2, 0) is 4.79 Å². The quantitative estimate of drug-likeness (QED) is 0.798. The summed E-state index contributed by atoms with van der Waals surface area (Å²) in [6.45, 7) is 0.169. The van der Waals surface area contributed by atoms with Crippen molar-refractivity contribution >= 4 is 17.7 Å². The molecule has 1 amide bonds. The summed E-state index contributed by atoms with van der Waals surface area (Å²) in [5.41, 5.74) is 1.92. The van der Waals surface area contributed by atoms with Crippen LogP contribution in [0.15, 0.2) is 60.7 Å². The highest BCUT2D eigenvalue weighted by molar-refractivity contribution is 6.07. The minimum Gasteiger partial charge on any atom is -0.488 e. The molecule has 0 unspecified atom stereocenters. The van der Waals surface area contributed by atoms with E-state index in [0.717, 1.165) is 11.3 Å². The Hall–Kier alpha value is -3.48. The molecule has 1 aromatic heterocycles. The third kappa shape index (κ3) is 2.99. The molecule has 0 radical (unpaired) electrons. The summed E-state index contributed by atoms with van der Waals surface area (Å²) in [4.78, 5) is 16.2. The molecule has 2 heterocycles. The standard InChI is InChI=1S/C18H13FN4O2/c19-15-8-14(5-6-16(15)23-11-20-10-21-23)22-18(24)13-7-12-3-1-2-4-17(12)25-9-13/h1-8,10-11H,9H2,(H,22,24). The molecule has 0 saturated heterocycles. The Morgan fingerprint density at radius 3 is 2.92 bits per heavy atom. The summed E-state index contributed by atoms with van der Waals surface area (Å²) in [6.07, 6.45) is 4.50. The molecule has 1 aliphatic rings. The van der Waals surface area contributed by atoms with Crippen LogP contribution in [0.25, 0.3) is 11.8 Å². The number of para-hydroxylation sites is 1. The molecule has 0 aliphatic carbocycles. The van der Waals surface area contributed by atoms with Gasteiger partial charge in [-0.3, -0.25) is 4.79 Å². The lowest BCUT2D eigenvalue weighted by Crippen LogP contribution is -2.21. The van der Waals surface area contributed by atoms with Gasteiger partial charge in [-0.1, -0.05) is 18.2 Å². The Balaban J connectivity index is 1.54. The van der Waals surface area contributed by atoms with Crippen LogP contribution in [0.2, 0.25) is 0 Å². The first-order valence-electron chi connectivity index (χ1n) is 7.59. The van der Waals surface area contributed by atoms with Crippen molar-refractivity contribution in [3.63, 3.8) is 0 Å². The molecule has 7 heteroatoms. The van der Waals surface area contributed by atoms with E-state index < -0.39 is 5.82 Å². The predicted octanol–water partition coefficient (Wildman–Crippen LogP) is 2.82. The van der Waals surface area contributed by atoms with Crippen LogP contribution >= 0.6 is 0 Å². The lowest BCUT2D eigenvalue weighted by Gasteiger charge is -2.17. The number of rotatable bonds is 3. The van der Waals surface area contributed by atoms with Crippen molar-refractivity contribution < 1.29 is 13.9 Å². The predicted molar refractivity (Wildman–Crippen MR) is 89.9 cm³/mol. The summed E-state index contributed by atoms with van der Waals surface area (Å²) >= 11 is 0. The van der Waals surface area contributed by atoms with E-state index in [9.17, 15) is 9.18 Å². The highest BCUT2D eigenvalue weighted by atomic mass is 19.1. The van der Waals surface area contributed by atoms with Gasteiger partial charge in [0.1, 0.15) is 30.7 Å². The van der Waals surface area contributed by atoms with E-state index in [1.807, 2.05) is 24.3 Å². The second kappa shape index (κ2) is 6.20. The first-order valence-corrected chi connectivity index (χ1v) is 7.59. The van der Waals surface area contributed by atoms with E-state index in [-0.39, 0.29) is 18.2 Å². The molecular weight excluding hydrogens is 323 g/mol. The van der Waals surface area contributed by atoms with Gasteiger partial charge in [-0.25, -0.2) is 14.1 Å². The van der Waals surface area contributed by atoms with E-state index in [2.05, 4.69) is 15.4 Å². The Labute approximate surface area is 142 Å². The highest BCUT2D eigenvalue weighted by Gasteiger charge is 2.17. The molecule has 1 N–H and O–H groups in total. The summed E-state index contributed by atoms with van der Waals surface area (Å²) in [7, 11) is 0. The Bertz CT molecular complexity index is 967. The molecule has 1 aliphatic heterocycles. The van der Waals surface area contributed by atoms with Crippen molar-refractivity contribution in [1.82, 2.24) is 14.8 Å². The Morgan fingerprint density at radius 1 is 1.24 bits per heavy atom. The van der Waals surface area contributed by atoms with Crippen molar-refractivity contribution in [2.24, 2.45) is 0 Å². The topological polar surface area (TPSA) is 69.0 Å². The number of hydrogen-bond acceptors (Lipinski definition) is 4. The number of amides is 1. The molecule has 6 nitrogen and oxygen atoms in total. The van der Waals surface area contributed by atoms with Crippen LogP contribution in [0, 0.1) is 5.82 Å². The van der Waals surface area contributed by atoms with Crippen LogP contribution in [0.4, 0.5) is 10.1 Å². The van der Waals surface area contributed by atoms with Gasteiger partial charge in [-0.2, -0.15) is 5.10 Å². The smallest absolute Gasteiger partial charge is 0.255 e. The van der Waals surface area contributed by atoms with E-state index in [1.54, 1.807) is 12.1 Å². The number of carbonyl (C=O) groups is 1. The van der Waals surface area contributed by atoms with E-state index in [1.165, 1.54) is 29.5 Å². The fourth-order valence-electron chi connectivity index (χ4n) is 2.56. The van der Waals surface area contributed by atoms with Crippen molar-refractivity contribution in [2.75, 3.05) is 11.9 Å². The van der Waals surface area contributed by atoms with Crippen molar-refractivity contribution in [3.8, 4) is 11.4 Å². The number of nitrogens with zero attached hydrogens (tertiary/aromatic N) is 3. The number of benzene rings is 2. The zero-order valence-corrected chi connectivity index (χ0v) is 13.0. The normalized spacial score (nSPS) is 12.8. The molecule has 4 rings (SSSR count). The van der Waals surface area contributed by atoms with Crippen molar-refractivity contribution in [3.05, 3.63) is 72.1 Å². The molecule has 0 fully saturated rings. The molecule has 25 heavy (non-hydrogen) atoms. The van der Waals surface area contributed by atoms with Crippen molar-refractivity contribution in [2.45, 2.75) is 0 Å². The average Bonchev–Trinajstić information content (AvgIpc) is 3.15. The lowest BCUT2D eigenvalue weighted by atomic mass is 10.1. The monoisotopic (exact) mass is 336 g/mol. The molecule has 0 spiro atoms. The first-order chi connectivity index (χ1) is 12.2. The zero-order chi connectivity index (χ0) is 17.2. The van der Waals surface area contributed by atoms with E-state index in [4.69, 9.17) is 4.74 Å². The molecule has 2 aromatic carbocycles. The largest absolute Gasteiger partial charge is 0.488 e. The maximum absolute atomic E-state index is 14.2. The number of anilines is 1. The van der Waals surface area contributed by atoms with Gasteiger partial charge in [0, 0.05) is 11.3 Å². The van der Waals surface area contributed by atoms with Gasteiger partial charge in [0.05, 0.1) is 5.57 Å². The van der Waals surface area contributed by atoms with Gasteiger partial charge in [-0.05, 0) is 30.3 Å². The van der Waals surface area contributed by atoms with Gasteiger partial charge in [0.25, 0.3) is 5.91 Å². The third-order valence-corrected chi connectivity index (χ3v) is 3.79. The first kappa shape index (κ1) is 15.1. The van der Waals surface area contributed by atoms with Crippen LogP contribution < -0.4 is 10.1 Å². The molecule has 3 aromatic rings. The second-order valence-corrected chi connectivity index (χ2v) is 5.46. The van der Waals surface area contributed by atoms with Gasteiger partial charge in [0.15, 0.2) is 5.82 Å². The lowest BCUT2D eigenvalue weighted by molar-refractivity contribution is -0.113. The molecule has 124 valence electrons. The number of halogens is 1. The summed E-state index contributed by atoms with van der Waals surface area (Å²) in [6, 6.07) is 11.8. The number of aromatic nitrogens is 3. The number of nitrogens with one attached hydrogen (secondary N) is 1. The van der Waals surface area contributed by atoms with Crippen molar-refractivity contribution in [1.29, 1.82) is 0 Å². The second-order valence-electron chi connectivity index (χ2n) is 5.46. The third-order valence-electron chi connectivity index (χ3n) is 3.79. The molecule has 0 atom stereocenters. The number of carbonyl (C=O) groups excluding carboxylic acids is 1. The number of hydrogen-bond donors (Lipinski definition) is 1. The fraction of sp³-hybridized carbons (Fsp3) is 0.0556. The summed E-state index contributed by atoms with van der Waals surface area (Å²) < 4.78 is 21.1. The average molecular weight is 336 g/mol. The van der Waals surface area contributed by atoms with E-state index in [0.29, 0.717) is 11.3 Å². The summed E-state index contributed by atoms with van der Waals surface area (Å²) in [5.74, 6) is -0.104. The van der Waals surface area contributed by atoms with Crippen LogP contribution in [0.3, 0.4) is 0 Å².